The summed E-state index contributed by atoms with van der Waals surface area (Å²) in [5.41, 5.74) is 2.25. The molecule has 1 fully saturated rings. The molecule has 1 saturated heterocycles. The van der Waals surface area contributed by atoms with Gasteiger partial charge >= 0.3 is 0 Å². The summed E-state index contributed by atoms with van der Waals surface area (Å²) in [6, 6.07) is 10.4. The largest absolute Gasteiger partial charge is 0.357 e. The highest BCUT2D eigenvalue weighted by Gasteiger charge is 2.25. The molecule has 1 aliphatic rings. The van der Waals surface area contributed by atoms with Crippen molar-refractivity contribution in [2.45, 2.75) is 39.7 Å². The molecule has 6 heteroatoms. The first kappa shape index (κ1) is 19.9. The Bertz CT molecular complexity index is 809. The van der Waals surface area contributed by atoms with Crippen LogP contribution in [0.15, 0.2) is 42.6 Å². The first-order valence-corrected chi connectivity index (χ1v) is 9.83. The molecule has 1 aliphatic heterocycles. The molecule has 1 unspecified atom stereocenters. The van der Waals surface area contributed by atoms with Gasteiger partial charge in [0.15, 0.2) is 0 Å². The molecule has 0 bridgehead atoms. The van der Waals surface area contributed by atoms with Crippen molar-refractivity contribution in [3.8, 4) is 0 Å². The van der Waals surface area contributed by atoms with E-state index in [9.17, 15) is 9.59 Å². The topological polar surface area (TPSA) is 74.3 Å². The second kappa shape index (κ2) is 8.87. The third-order valence-electron chi connectivity index (χ3n) is 4.99. The van der Waals surface area contributed by atoms with Crippen molar-refractivity contribution in [3.63, 3.8) is 0 Å². The van der Waals surface area contributed by atoms with E-state index in [1.165, 1.54) is 12.8 Å². The van der Waals surface area contributed by atoms with E-state index in [2.05, 4.69) is 20.5 Å². The van der Waals surface area contributed by atoms with Crippen LogP contribution in [0, 0.1) is 12.8 Å². The van der Waals surface area contributed by atoms with Crippen LogP contribution in [0.3, 0.4) is 0 Å². The minimum Gasteiger partial charge on any atom is -0.357 e. The number of aryl methyl sites for hydroxylation is 1. The summed E-state index contributed by atoms with van der Waals surface area (Å²) in [5, 5.41) is 5.72. The van der Waals surface area contributed by atoms with Crippen LogP contribution in [-0.4, -0.2) is 35.9 Å². The number of anilines is 2. The van der Waals surface area contributed by atoms with Crippen molar-refractivity contribution in [1.29, 1.82) is 0 Å². The zero-order valence-electron chi connectivity index (χ0n) is 16.7. The van der Waals surface area contributed by atoms with Crippen LogP contribution in [-0.2, 0) is 4.79 Å². The standard InChI is InChI=1S/C22H28N4O2/c1-15(2)20(25-21(27)17-8-6-16(3)7-9-17)22(28)24-18-10-11-19(23-14-18)26-12-4-5-13-26/h6-11,14-15,20H,4-5,12-13H2,1-3H3,(H,24,28)(H,25,27). The first-order chi connectivity index (χ1) is 13.4. The van der Waals surface area contributed by atoms with Crippen molar-refractivity contribution < 1.29 is 9.59 Å². The summed E-state index contributed by atoms with van der Waals surface area (Å²) in [6.07, 6.45) is 4.05. The normalized spacial score (nSPS) is 14.8. The van der Waals surface area contributed by atoms with Crippen molar-refractivity contribution in [2.24, 2.45) is 5.92 Å². The Balaban J connectivity index is 1.64. The molecule has 28 heavy (non-hydrogen) atoms. The quantitative estimate of drug-likeness (QED) is 0.806. The molecule has 2 N–H and O–H groups in total. The lowest BCUT2D eigenvalue weighted by Crippen LogP contribution is -2.47. The lowest BCUT2D eigenvalue weighted by molar-refractivity contribution is -0.118. The number of hydrogen-bond acceptors (Lipinski definition) is 4. The molecular weight excluding hydrogens is 352 g/mol. The molecule has 1 aromatic carbocycles. The zero-order valence-corrected chi connectivity index (χ0v) is 16.7. The van der Waals surface area contributed by atoms with Crippen LogP contribution in [0.5, 0.6) is 0 Å². The van der Waals surface area contributed by atoms with Gasteiger partial charge in [0.1, 0.15) is 11.9 Å². The predicted octanol–water partition coefficient (Wildman–Crippen LogP) is 3.38. The molecule has 1 aromatic heterocycles. The summed E-state index contributed by atoms with van der Waals surface area (Å²) in [4.78, 5) is 32.0. The fourth-order valence-electron chi connectivity index (χ4n) is 3.28. The summed E-state index contributed by atoms with van der Waals surface area (Å²) < 4.78 is 0. The summed E-state index contributed by atoms with van der Waals surface area (Å²) >= 11 is 0. The third kappa shape index (κ3) is 4.88. The van der Waals surface area contributed by atoms with Crippen LogP contribution >= 0.6 is 0 Å². The number of pyridine rings is 1. The Morgan fingerprint density at radius 3 is 2.29 bits per heavy atom. The van der Waals surface area contributed by atoms with Crippen LogP contribution in [0.4, 0.5) is 11.5 Å². The van der Waals surface area contributed by atoms with Gasteiger partial charge in [-0.3, -0.25) is 9.59 Å². The molecule has 0 radical (unpaired) electrons. The smallest absolute Gasteiger partial charge is 0.251 e. The molecule has 148 valence electrons. The molecule has 0 saturated carbocycles. The Morgan fingerprint density at radius 2 is 1.71 bits per heavy atom. The number of benzene rings is 1. The maximum Gasteiger partial charge on any atom is 0.251 e. The molecule has 2 aromatic rings. The van der Waals surface area contributed by atoms with E-state index < -0.39 is 6.04 Å². The Morgan fingerprint density at radius 1 is 1.04 bits per heavy atom. The molecule has 0 aliphatic carbocycles. The van der Waals surface area contributed by atoms with Crippen molar-refractivity contribution >= 4 is 23.3 Å². The minimum absolute atomic E-state index is 0.0498. The number of hydrogen-bond donors (Lipinski definition) is 2. The number of nitrogens with zero attached hydrogens (tertiary/aromatic N) is 2. The van der Waals surface area contributed by atoms with E-state index in [-0.39, 0.29) is 17.7 Å². The molecule has 0 spiro atoms. The second-order valence-corrected chi connectivity index (χ2v) is 7.65. The van der Waals surface area contributed by atoms with Gasteiger partial charge in [0, 0.05) is 18.7 Å². The van der Waals surface area contributed by atoms with Crippen LogP contribution in [0.25, 0.3) is 0 Å². The highest BCUT2D eigenvalue weighted by Crippen LogP contribution is 2.19. The van der Waals surface area contributed by atoms with E-state index in [0.717, 1.165) is 24.5 Å². The van der Waals surface area contributed by atoms with Crippen LogP contribution in [0.2, 0.25) is 0 Å². The van der Waals surface area contributed by atoms with E-state index in [0.29, 0.717) is 11.3 Å². The van der Waals surface area contributed by atoms with Crippen molar-refractivity contribution in [1.82, 2.24) is 10.3 Å². The van der Waals surface area contributed by atoms with Gasteiger partial charge < -0.3 is 15.5 Å². The Hall–Kier alpha value is -2.89. The van der Waals surface area contributed by atoms with Gasteiger partial charge in [-0.25, -0.2) is 4.98 Å². The minimum atomic E-state index is -0.632. The highest BCUT2D eigenvalue weighted by molar-refractivity contribution is 6.01. The molecular formula is C22H28N4O2. The van der Waals surface area contributed by atoms with Gasteiger partial charge in [-0.15, -0.1) is 0 Å². The van der Waals surface area contributed by atoms with E-state index in [1.54, 1.807) is 18.3 Å². The van der Waals surface area contributed by atoms with Gasteiger partial charge in [0.25, 0.3) is 5.91 Å². The molecule has 2 heterocycles. The number of nitrogens with one attached hydrogen (secondary N) is 2. The van der Waals surface area contributed by atoms with Crippen molar-refractivity contribution in [2.75, 3.05) is 23.3 Å². The summed E-state index contributed by atoms with van der Waals surface area (Å²) in [5.74, 6) is 0.386. The average molecular weight is 380 g/mol. The van der Waals surface area contributed by atoms with E-state index in [4.69, 9.17) is 0 Å². The van der Waals surface area contributed by atoms with Crippen molar-refractivity contribution in [3.05, 3.63) is 53.7 Å². The average Bonchev–Trinajstić information content (AvgIpc) is 3.21. The Kier molecular flexibility index (Phi) is 6.29. The molecule has 6 nitrogen and oxygen atoms in total. The maximum atomic E-state index is 12.8. The number of aromatic nitrogens is 1. The van der Waals surface area contributed by atoms with Gasteiger partial charge in [-0.05, 0) is 49.9 Å². The highest BCUT2D eigenvalue weighted by atomic mass is 16.2. The lowest BCUT2D eigenvalue weighted by atomic mass is 10.0. The fourth-order valence-corrected chi connectivity index (χ4v) is 3.28. The summed E-state index contributed by atoms with van der Waals surface area (Å²) in [6.45, 7) is 7.84. The fraction of sp³-hybridized carbons (Fsp3) is 0.409. The van der Waals surface area contributed by atoms with E-state index >= 15 is 0 Å². The number of carbonyl (C=O) groups excluding carboxylic acids is 2. The molecule has 2 amide bonds. The summed E-state index contributed by atoms with van der Waals surface area (Å²) in [7, 11) is 0. The van der Waals surface area contributed by atoms with Gasteiger partial charge in [-0.1, -0.05) is 31.5 Å². The third-order valence-corrected chi connectivity index (χ3v) is 4.99. The van der Waals surface area contributed by atoms with Gasteiger partial charge in [0.05, 0.1) is 11.9 Å². The molecule has 1 atom stereocenters. The number of amides is 2. The predicted molar refractivity (Wildman–Crippen MR) is 112 cm³/mol. The Labute approximate surface area is 166 Å². The van der Waals surface area contributed by atoms with Gasteiger partial charge in [0.2, 0.25) is 5.91 Å². The number of rotatable bonds is 6. The maximum absolute atomic E-state index is 12.8. The van der Waals surface area contributed by atoms with E-state index in [1.807, 2.05) is 45.0 Å². The number of carbonyl (C=O) groups is 2. The zero-order chi connectivity index (χ0) is 20.1. The van der Waals surface area contributed by atoms with Crippen LogP contribution < -0.4 is 15.5 Å². The SMILES string of the molecule is Cc1ccc(C(=O)NC(C(=O)Nc2ccc(N3CCCC3)nc2)C(C)C)cc1. The lowest BCUT2D eigenvalue weighted by Gasteiger charge is -2.22. The monoisotopic (exact) mass is 380 g/mol. The van der Waals surface area contributed by atoms with Crippen LogP contribution in [0.1, 0.15) is 42.6 Å². The first-order valence-electron chi connectivity index (χ1n) is 9.83. The van der Waals surface area contributed by atoms with Gasteiger partial charge in [-0.2, -0.15) is 0 Å². The second-order valence-electron chi connectivity index (χ2n) is 7.65. The molecule has 3 rings (SSSR count).